The standard InChI is InChI=1S/C14H24N2O/c1-13(2)11-14(6-10-17-13)5-3-8-16(12-14)9-4-7-15/h3-6,8-12H2,1-2H3/t14-/m0/s1. The van der Waals surface area contributed by atoms with Crippen LogP contribution >= 0.6 is 0 Å². The average molecular weight is 236 g/mol. The SMILES string of the molecule is CC1(C)C[C@]2(CCCN(CCC#N)C2)CCO1. The third kappa shape index (κ3) is 3.20. The van der Waals surface area contributed by atoms with Gasteiger partial charge in [-0.25, -0.2) is 0 Å². The molecule has 0 aromatic rings. The van der Waals surface area contributed by atoms with Crippen LogP contribution in [0.2, 0.25) is 0 Å². The summed E-state index contributed by atoms with van der Waals surface area (Å²) in [6.07, 6.45) is 5.64. The molecule has 2 aliphatic rings. The second-order valence-corrected chi connectivity index (χ2v) is 6.32. The third-order valence-corrected chi connectivity index (χ3v) is 4.21. The Morgan fingerprint density at radius 2 is 2.18 bits per heavy atom. The van der Waals surface area contributed by atoms with Crippen LogP contribution in [0.1, 0.15) is 46.0 Å². The number of hydrogen-bond donors (Lipinski definition) is 0. The fourth-order valence-electron chi connectivity index (χ4n) is 3.64. The van der Waals surface area contributed by atoms with E-state index >= 15 is 0 Å². The molecule has 0 aromatic carbocycles. The summed E-state index contributed by atoms with van der Waals surface area (Å²) in [7, 11) is 0. The maximum atomic E-state index is 8.69. The van der Waals surface area contributed by atoms with Gasteiger partial charge in [0.25, 0.3) is 0 Å². The number of nitrogens with zero attached hydrogens (tertiary/aromatic N) is 2. The molecule has 96 valence electrons. The lowest BCUT2D eigenvalue weighted by atomic mass is 9.69. The van der Waals surface area contributed by atoms with Gasteiger partial charge in [0.2, 0.25) is 0 Å². The lowest BCUT2D eigenvalue weighted by Gasteiger charge is -2.50. The minimum Gasteiger partial charge on any atom is -0.376 e. The molecule has 0 saturated carbocycles. The zero-order valence-electron chi connectivity index (χ0n) is 11.2. The van der Waals surface area contributed by atoms with Crippen LogP contribution in [0.5, 0.6) is 0 Å². The second-order valence-electron chi connectivity index (χ2n) is 6.32. The molecule has 0 amide bonds. The molecule has 2 aliphatic heterocycles. The summed E-state index contributed by atoms with van der Waals surface area (Å²) in [6, 6.07) is 2.26. The van der Waals surface area contributed by atoms with E-state index in [0.29, 0.717) is 11.8 Å². The zero-order chi connectivity index (χ0) is 12.4. The van der Waals surface area contributed by atoms with Gasteiger partial charge in [-0.3, -0.25) is 0 Å². The van der Waals surface area contributed by atoms with E-state index in [1.165, 1.54) is 38.8 Å². The van der Waals surface area contributed by atoms with E-state index in [4.69, 9.17) is 10.00 Å². The fourth-order valence-corrected chi connectivity index (χ4v) is 3.64. The first kappa shape index (κ1) is 12.9. The molecule has 2 fully saturated rings. The molecular weight excluding hydrogens is 212 g/mol. The molecular formula is C14H24N2O. The minimum atomic E-state index is 0.0382. The number of nitriles is 1. The Morgan fingerprint density at radius 1 is 1.35 bits per heavy atom. The lowest BCUT2D eigenvalue weighted by molar-refractivity contribution is -0.122. The fraction of sp³-hybridized carbons (Fsp3) is 0.929. The van der Waals surface area contributed by atoms with Crippen molar-refractivity contribution in [3.8, 4) is 6.07 Å². The highest BCUT2D eigenvalue weighted by Gasteiger charge is 2.43. The maximum Gasteiger partial charge on any atom is 0.0635 e. The molecule has 2 saturated heterocycles. The van der Waals surface area contributed by atoms with E-state index < -0.39 is 0 Å². The van der Waals surface area contributed by atoms with Gasteiger partial charge in [0, 0.05) is 26.1 Å². The largest absolute Gasteiger partial charge is 0.376 e. The van der Waals surface area contributed by atoms with Gasteiger partial charge in [-0.15, -0.1) is 0 Å². The van der Waals surface area contributed by atoms with Crippen LogP contribution in [0.25, 0.3) is 0 Å². The molecule has 1 atom stereocenters. The number of likely N-dealkylation sites (tertiary alicyclic amines) is 1. The highest BCUT2D eigenvalue weighted by molar-refractivity contribution is 4.95. The van der Waals surface area contributed by atoms with Crippen LogP contribution < -0.4 is 0 Å². The summed E-state index contributed by atoms with van der Waals surface area (Å²) in [4.78, 5) is 2.48. The van der Waals surface area contributed by atoms with Gasteiger partial charge in [-0.05, 0) is 51.5 Å². The van der Waals surface area contributed by atoms with Crippen molar-refractivity contribution in [1.82, 2.24) is 4.90 Å². The van der Waals surface area contributed by atoms with Crippen LogP contribution in [-0.2, 0) is 4.74 Å². The molecule has 2 heterocycles. The summed E-state index contributed by atoms with van der Waals surface area (Å²) < 4.78 is 5.84. The van der Waals surface area contributed by atoms with E-state index in [-0.39, 0.29) is 5.60 Å². The summed E-state index contributed by atoms with van der Waals surface area (Å²) in [5.41, 5.74) is 0.492. The van der Waals surface area contributed by atoms with Gasteiger partial charge in [0.15, 0.2) is 0 Å². The van der Waals surface area contributed by atoms with Crippen molar-refractivity contribution >= 4 is 0 Å². The van der Waals surface area contributed by atoms with E-state index in [1.54, 1.807) is 0 Å². The molecule has 3 nitrogen and oxygen atoms in total. The Bertz CT molecular complexity index is 304. The van der Waals surface area contributed by atoms with Crippen LogP contribution in [0.3, 0.4) is 0 Å². The molecule has 0 radical (unpaired) electrons. The summed E-state index contributed by atoms with van der Waals surface area (Å²) in [5, 5.41) is 8.69. The van der Waals surface area contributed by atoms with Gasteiger partial charge in [-0.1, -0.05) is 0 Å². The van der Waals surface area contributed by atoms with Gasteiger partial charge in [-0.2, -0.15) is 5.26 Å². The quantitative estimate of drug-likeness (QED) is 0.739. The van der Waals surface area contributed by atoms with Gasteiger partial charge >= 0.3 is 0 Å². The van der Waals surface area contributed by atoms with Crippen LogP contribution in [-0.4, -0.2) is 36.7 Å². The van der Waals surface area contributed by atoms with Crippen molar-refractivity contribution < 1.29 is 4.74 Å². The minimum absolute atomic E-state index is 0.0382. The Morgan fingerprint density at radius 3 is 2.88 bits per heavy atom. The van der Waals surface area contributed by atoms with E-state index in [0.717, 1.165) is 13.2 Å². The van der Waals surface area contributed by atoms with Gasteiger partial charge in [0.1, 0.15) is 0 Å². The molecule has 3 heteroatoms. The summed E-state index contributed by atoms with van der Waals surface area (Å²) in [6.45, 7) is 8.61. The molecule has 1 spiro atoms. The first-order valence-electron chi connectivity index (χ1n) is 6.79. The Hall–Kier alpha value is -0.590. The van der Waals surface area contributed by atoms with Crippen LogP contribution in [0, 0.1) is 16.7 Å². The first-order valence-corrected chi connectivity index (χ1v) is 6.79. The number of piperidine rings is 1. The van der Waals surface area contributed by atoms with Gasteiger partial charge < -0.3 is 9.64 Å². The smallest absolute Gasteiger partial charge is 0.0635 e. The Labute approximate surface area is 105 Å². The van der Waals surface area contributed by atoms with Crippen molar-refractivity contribution in [2.24, 2.45) is 5.41 Å². The molecule has 0 N–H and O–H groups in total. The topological polar surface area (TPSA) is 36.3 Å². The molecule has 0 aromatic heterocycles. The molecule has 2 rings (SSSR count). The van der Waals surface area contributed by atoms with Crippen molar-refractivity contribution in [2.75, 3.05) is 26.2 Å². The monoisotopic (exact) mass is 236 g/mol. The van der Waals surface area contributed by atoms with Crippen molar-refractivity contribution in [3.05, 3.63) is 0 Å². The Kier molecular flexibility index (Phi) is 3.75. The van der Waals surface area contributed by atoms with E-state index in [1.807, 2.05) is 0 Å². The van der Waals surface area contributed by atoms with Crippen molar-refractivity contribution in [3.63, 3.8) is 0 Å². The molecule has 17 heavy (non-hydrogen) atoms. The zero-order valence-corrected chi connectivity index (χ0v) is 11.2. The highest BCUT2D eigenvalue weighted by atomic mass is 16.5. The predicted octanol–water partition coefficient (Wildman–Crippen LogP) is 2.57. The third-order valence-electron chi connectivity index (χ3n) is 4.21. The van der Waals surface area contributed by atoms with Crippen LogP contribution in [0.4, 0.5) is 0 Å². The number of ether oxygens (including phenoxy) is 1. The second kappa shape index (κ2) is 4.96. The average Bonchev–Trinajstić information content (AvgIpc) is 2.25. The van der Waals surface area contributed by atoms with E-state index in [2.05, 4.69) is 24.8 Å². The molecule has 0 aliphatic carbocycles. The molecule has 0 unspecified atom stereocenters. The molecule has 0 bridgehead atoms. The van der Waals surface area contributed by atoms with E-state index in [9.17, 15) is 0 Å². The first-order chi connectivity index (χ1) is 8.05. The Balaban J connectivity index is 1.97. The maximum absolute atomic E-state index is 8.69. The normalized spacial score (nSPS) is 33.5. The van der Waals surface area contributed by atoms with Crippen molar-refractivity contribution in [1.29, 1.82) is 5.26 Å². The van der Waals surface area contributed by atoms with Crippen molar-refractivity contribution in [2.45, 2.75) is 51.6 Å². The van der Waals surface area contributed by atoms with Gasteiger partial charge in [0.05, 0.1) is 11.7 Å². The lowest BCUT2D eigenvalue weighted by Crippen LogP contribution is -2.50. The summed E-state index contributed by atoms with van der Waals surface area (Å²) in [5.74, 6) is 0. The number of rotatable bonds is 2. The number of hydrogen-bond acceptors (Lipinski definition) is 3. The van der Waals surface area contributed by atoms with Crippen LogP contribution in [0.15, 0.2) is 0 Å². The summed E-state index contributed by atoms with van der Waals surface area (Å²) >= 11 is 0. The predicted molar refractivity (Wildman–Crippen MR) is 67.6 cm³/mol. The highest BCUT2D eigenvalue weighted by Crippen LogP contribution is 2.44.